The van der Waals surface area contributed by atoms with Gasteiger partial charge in [-0.05, 0) is 110 Å². The number of carbonyl (C=O) groups is 2. The number of piperazine rings is 1. The van der Waals surface area contributed by atoms with Gasteiger partial charge in [-0.15, -0.1) is 11.3 Å². The number of ether oxygens (including phenoxy) is 2. The summed E-state index contributed by atoms with van der Waals surface area (Å²) in [7, 11) is 0. The summed E-state index contributed by atoms with van der Waals surface area (Å²) < 4.78 is 29.7. The van der Waals surface area contributed by atoms with E-state index in [4.69, 9.17) is 31.0 Å². The van der Waals surface area contributed by atoms with Crippen LogP contribution in [0.4, 0.5) is 10.2 Å². The molecular weight excluding hydrogens is 993 g/mol. The van der Waals surface area contributed by atoms with Crippen LogP contribution >= 0.6 is 22.9 Å². The van der Waals surface area contributed by atoms with Crippen LogP contribution < -0.4 is 25.6 Å². The minimum atomic E-state index is -0.783. The van der Waals surface area contributed by atoms with Gasteiger partial charge in [-0.1, -0.05) is 80.9 Å². The van der Waals surface area contributed by atoms with E-state index >= 15 is 4.39 Å². The Bertz CT molecular complexity index is 3000. The number of aliphatic hydroxyl groups excluding tert-OH is 1. The molecule has 5 N–H and O–H groups in total. The molecule has 6 aromatic rings. The van der Waals surface area contributed by atoms with Crippen molar-refractivity contribution in [1.29, 1.82) is 0 Å². The zero-order valence-corrected chi connectivity index (χ0v) is 44.9. The number of amides is 2. The lowest BCUT2D eigenvalue weighted by Gasteiger charge is -2.35. The predicted molar refractivity (Wildman–Crippen MR) is 293 cm³/mol. The lowest BCUT2D eigenvalue weighted by atomic mass is 9.85. The summed E-state index contributed by atoms with van der Waals surface area (Å²) in [4.78, 5) is 49.0. The number of aliphatic hydroxyl groups is 1. The molecule has 4 aromatic carbocycles. The van der Waals surface area contributed by atoms with Crippen molar-refractivity contribution < 1.29 is 33.7 Å². The molecule has 75 heavy (non-hydrogen) atoms. The summed E-state index contributed by atoms with van der Waals surface area (Å²) in [6.45, 7) is 13.6. The first-order valence-electron chi connectivity index (χ1n) is 26.5. The molecule has 398 valence electrons. The summed E-state index contributed by atoms with van der Waals surface area (Å²) in [6.07, 6.45) is 5.04. The van der Waals surface area contributed by atoms with Crippen LogP contribution in [0.5, 0.6) is 11.8 Å². The fourth-order valence-corrected chi connectivity index (χ4v) is 12.6. The number of nitrogens with zero attached hydrogens (tertiary/aromatic N) is 6. The number of phenols is 1. The Kier molecular flexibility index (Phi) is 16.2. The second kappa shape index (κ2) is 23.0. The molecule has 2 amide bonds. The molecule has 4 aliphatic heterocycles. The second-order valence-corrected chi connectivity index (χ2v) is 23.1. The van der Waals surface area contributed by atoms with Crippen LogP contribution in [-0.4, -0.2) is 142 Å². The van der Waals surface area contributed by atoms with Crippen LogP contribution in [0.15, 0.2) is 72.2 Å². The van der Waals surface area contributed by atoms with Gasteiger partial charge in [0.25, 0.3) is 0 Å². The van der Waals surface area contributed by atoms with Gasteiger partial charge in [-0.2, -0.15) is 9.97 Å². The molecule has 4 aliphatic rings. The van der Waals surface area contributed by atoms with Gasteiger partial charge in [0.2, 0.25) is 11.8 Å². The summed E-state index contributed by atoms with van der Waals surface area (Å²) in [5, 5.41) is 33.8. The van der Waals surface area contributed by atoms with Crippen molar-refractivity contribution in [2.75, 3.05) is 64.0 Å². The molecule has 0 radical (unpaired) electrons. The number of benzene rings is 4. The number of β-amino-alcohol motifs (C(OH)–C–C–N with tert-alkyl or cyclic N) is 1. The number of aromatic hydroxyl groups is 1. The molecule has 0 unspecified atom stereocenters. The van der Waals surface area contributed by atoms with E-state index in [-0.39, 0.29) is 58.7 Å². The first-order chi connectivity index (χ1) is 36.2. The van der Waals surface area contributed by atoms with E-state index < -0.39 is 29.4 Å². The monoisotopic (exact) mass is 1060 g/mol. The topological polar surface area (TPSA) is 178 Å². The number of hydrogen-bond donors (Lipinski definition) is 5. The number of nitrogens with one attached hydrogen (secondary N) is 3. The maximum Gasteiger partial charge on any atom is 0.319 e. The van der Waals surface area contributed by atoms with Crippen molar-refractivity contribution in [2.45, 2.75) is 115 Å². The molecule has 4 saturated heterocycles. The summed E-state index contributed by atoms with van der Waals surface area (Å²) in [6, 6.07) is 20.1. The molecule has 10 rings (SSSR count). The highest BCUT2D eigenvalue weighted by atomic mass is 35.5. The van der Waals surface area contributed by atoms with Crippen LogP contribution in [0.25, 0.3) is 43.2 Å². The Morgan fingerprint density at radius 3 is 2.52 bits per heavy atom. The fraction of sp³-hybridized carbons (Fsp3) is 0.491. The molecule has 0 spiro atoms. The number of hydrogen-bond acceptors (Lipinski definition) is 14. The smallest absolute Gasteiger partial charge is 0.319 e. The highest BCUT2D eigenvalue weighted by molar-refractivity contribution is 7.13. The van der Waals surface area contributed by atoms with Crippen LogP contribution in [0, 0.1) is 18.2 Å². The molecule has 4 fully saturated rings. The van der Waals surface area contributed by atoms with E-state index in [0.29, 0.717) is 68.2 Å². The molecule has 15 nitrogen and oxygen atoms in total. The van der Waals surface area contributed by atoms with Gasteiger partial charge in [-0.3, -0.25) is 14.5 Å². The van der Waals surface area contributed by atoms with Crippen molar-refractivity contribution in [3.63, 3.8) is 0 Å². The van der Waals surface area contributed by atoms with Crippen molar-refractivity contribution in [1.82, 2.24) is 40.7 Å². The number of halogens is 2. The maximum absolute atomic E-state index is 17.2. The van der Waals surface area contributed by atoms with Crippen molar-refractivity contribution in [3.8, 4) is 33.3 Å². The predicted octanol–water partition coefficient (Wildman–Crippen LogP) is 8.24. The molecule has 6 atom stereocenters. The Hall–Kier alpha value is -5.53. The van der Waals surface area contributed by atoms with E-state index in [1.165, 1.54) is 0 Å². The van der Waals surface area contributed by atoms with Gasteiger partial charge in [0, 0.05) is 81.4 Å². The molecule has 0 saturated carbocycles. The number of fused-ring (bicyclic) bond motifs is 4. The number of carbonyl (C=O) groups excluding carboxylic acids is 2. The highest BCUT2D eigenvalue weighted by Crippen LogP contribution is 2.43. The van der Waals surface area contributed by atoms with Crippen LogP contribution in [0.3, 0.4) is 0 Å². The van der Waals surface area contributed by atoms with E-state index in [1.807, 2.05) is 81.7 Å². The van der Waals surface area contributed by atoms with Gasteiger partial charge < -0.3 is 45.4 Å². The third kappa shape index (κ3) is 11.9. The van der Waals surface area contributed by atoms with Gasteiger partial charge in [0.05, 0.1) is 33.3 Å². The largest absolute Gasteiger partial charge is 0.508 e. The Morgan fingerprint density at radius 2 is 1.76 bits per heavy atom. The number of aryl methyl sites for hydroxylation is 1. The number of likely N-dealkylation sites (tertiary alicyclic amines) is 2. The summed E-state index contributed by atoms with van der Waals surface area (Å²) in [5.74, 6) is -0.442. The summed E-state index contributed by atoms with van der Waals surface area (Å²) in [5.41, 5.74) is 5.16. The lowest BCUT2D eigenvalue weighted by Crippen LogP contribution is -2.56. The lowest BCUT2D eigenvalue weighted by molar-refractivity contribution is -0.142. The van der Waals surface area contributed by atoms with Gasteiger partial charge in [-0.25, -0.2) is 9.37 Å². The average molecular weight is 1060 g/mol. The number of thiazole rings is 1. The van der Waals surface area contributed by atoms with Crippen LogP contribution in [0.2, 0.25) is 5.02 Å². The van der Waals surface area contributed by atoms with Gasteiger partial charge in [0.1, 0.15) is 29.7 Å². The van der Waals surface area contributed by atoms with E-state index in [9.17, 15) is 19.8 Å². The number of anilines is 1. The molecular formula is C57H69ClFN9O6S. The highest BCUT2D eigenvalue weighted by Gasteiger charge is 2.44. The molecule has 0 aliphatic carbocycles. The number of aromatic nitrogens is 3. The van der Waals surface area contributed by atoms with E-state index in [0.717, 1.165) is 90.8 Å². The van der Waals surface area contributed by atoms with Crippen molar-refractivity contribution >= 4 is 62.2 Å². The fourth-order valence-electron chi connectivity index (χ4n) is 11.5. The number of rotatable bonds is 19. The normalized spacial score (nSPS) is 21.4. The molecule has 18 heteroatoms. The Balaban J connectivity index is 0.712. The zero-order chi connectivity index (χ0) is 52.4. The second-order valence-electron chi connectivity index (χ2n) is 21.8. The quantitative estimate of drug-likeness (QED) is 0.0491. The van der Waals surface area contributed by atoms with Gasteiger partial charge >= 0.3 is 6.01 Å². The van der Waals surface area contributed by atoms with Crippen molar-refractivity contribution in [3.05, 3.63) is 94.3 Å². The standard InChI is InChI=1S/C57H69ClFN9O6S/c1-34-51(75-33-62-34)36-15-13-35(14-16-36)28-61-54(71)47-26-42(70)31-68(47)55(72)52(57(2,3)4)60-19-8-22-73-23-9-21-66-20-7-11-40(66)32-74-56-64-50-45(53(65-56)67-29-38-17-18-39(30-67)63-38)27-46(58)48(49(50)59)44-25-41(69)24-37-10-5-6-12-43(37)44/h5-6,10,12-16,24-25,27,33,38-40,42,47,52,60,63,69-70H,7-9,11,17-23,26,28-32H2,1-4H3,(H,61,71)/t38-,39+,40-,42+,47-,52+/m0/s1. The average Bonchev–Trinajstić information content (AvgIpc) is 4.21. The SMILES string of the molecule is Cc1ncsc1-c1ccc(CNC(=O)[C@@H]2C[C@@H](O)CN2C(=O)[C@@H](NCCCOCCCN2CCC[C@H]2COc2nc(N3C[C@H]4CC[C@@H](C3)N4)c3cc(Cl)c(-c4cc(O)cc5ccccc45)c(F)c3n2)C(C)(C)C)cc1. The van der Waals surface area contributed by atoms with Gasteiger partial charge in [0.15, 0.2) is 5.82 Å². The van der Waals surface area contributed by atoms with E-state index in [1.54, 1.807) is 34.4 Å². The Labute approximate surface area is 447 Å². The molecule has 6 heterocycles. The minimum Gasteiger partial charge on any atom is -0.508 e. The Morgan fingerprint density at radius 1 is 0.987 bits per heavy atom. The third-order valence-electron chi connectivity index (χ3n) is 15.3. The third-order valence-corrected chi connectivity index (χ3v) is 16.6. The van der Waals surface area contributed by atoms with Crippen molar-refractivity contribution in [2.24, 2.45) is 5.41 Å². The molecule has 2 bridgehead atoms. The van der Waals surface area contributed by atoms with Crippen LogP contribution in [0.1, 0.15) is 77.0 Å². The zero-order valence-electron chi connectivity index (χ0n) is 43.3. The van der Waals surface area contributed by atoms with E-state index in [2.05, 4.69) is 30.7 Å². The number of phenolic OH excluding ortho intramolecular Hbond substituents is 1. The maximum atomic E-state index is 17.2. The minimum absolute atomic E-state index is 0.0139. The molecule has 2 aromatic heterocycles. The first kappa shape index (κ1) is 52.9. The summed E-state index contributed by atoms with van der Waals surface area (Å²) >= 11 is 8.58. The van der Waals surface area contributed by atoms with Crippen LogP contribution in [-0.2, 0) is 20.9 Å². The first-order valence-corrected chi connectivity index (χ1v) is 27.8.